The van der Waals surface area contributed by atoms with E-state index < -0.39 is 0 Å². The monoisotopic (exact) mass is 408 g/mol. The molecule has 4 aliphatic rings. The van der Waals surface area contributed by atoms with E-state index in [1.54, 1.807) is 37.4 Å². The second-order valence-electron chi connectivity index (χ2n) is 9.49. The fraction of sp³-hybridized carbons (Fsp3) is 0.500. The van der Waals surface area contributed by atoms with Crippen molar-refractivity contribution in [3.8, 4) is 5.75 Å². The van der Waals surface area contributed by atoms with Gasteiger partial charge in [0, 0.05) is 12.1 Å². The molecule has 0 radical (unpaired) electrons. The summed E-state index contributed by atoms with van der Waals surface area (Å²) in [6, 6.07) is 8.50. The van der Waals surface area contributed by atoms with Gasteiger partial charge >= 0.3 is 0 Å². The molecule has 0 saturated heterocycles. The van der Waals surface area contributed by atoms with Gasteiger partial charge in [-0.2, -0.15) is 0 Å². The molecule has 1 heterocycles. The van der Waals surface area contributed by atoms with Crippen LogP contribution in [0.15, 0.2) is 41.0 Å². The van der Waals surface area contributed by atoms with Crippen LogP contribution in [0, 0.1) is 23.2 Å². The highest BCUT2D eigenvalue weighted by Gasteiger charge is 2.51. The van der Waals surface area contributed by atoms with Crippen LogP contribution < -0.4 is 15.4 Å². The lowest BCUT2D eigenvalue weighted by molar-refractivity contribution is -0.124. The molecule has 2 N–H and O–H groups in total. The smallest absolute Gasteiger partial charge is 0.291 e. The Kier molecular flexibility index (Phi) is 4.80. The number of amides is 2. The van der Waals surface area contributed by atoms with Crippen LogP contribution in [0.1, 0.15) is 55.5 Å². The number of hydrogen-bond acceptors (Lipinski definition) is 4. The topological polar surface area (TPSA) is 80.6 Å². The van der Waals surface area contributed by atoms with Crippen molar-refractivity contribution in [2.75, 3.05) is 17.7 Å². The number of benzene rings is 1. The average Bonchev–Trinajstić information content (AvgIpc) is 3.21. The third-order valence-corrected chi connectivity index (χ3v) is 7.18. The van der Waals surface area contributed by atoms with Gasteiger partial charge in [0.25, 0.3) is 5.91 Å². The van der Waals surface area contributed by atoms with Gasteiger partial charge in [-0.15, -0.1) is 0 Å². The molecule has 158 valence electrons. The van der Waals surface area contributed by atoms with E-state index in [0.29, 0.717) is 23.5 Å². The molecule has 6 nitrogen and oxygen atoms in total. The number of anilines is 2. The molecule has 1 aromatic heterocycles. The molecule has 0 spiro atoms. The molecule has 0 aliphatic heterocycles. The molecule has 0 atom stereocenters. The molecule has 4 fully saturated rings. The molecule has 0 unspecified atom stereocenters. The van der Waals surface area contributed by atoms with E-state index in [0.717, 1.165) is 17.8 Å². The molecule has 6 heteroatoms. The highest BCUT2D eigenvalue weighted by Crippen LogP contribution is 2.61. The van der Waals surface area contributed by atoms with Gasteiger partial charge in [0.15, 0.2) is 5.76 Å². The summed E-state index contributed by atoms with van der Waals surface area (Å²) in [5, 5.41) is 5.84. The first kappa shape index (κ1) is 19.2. The largest absolute Gasteiger partial charge is 0.495 e. The molecule has 30 heavy (non-hydrogen) atoms. The Balaban J connectivity index is 1.29. The Labute approximate surface area is 176 Å². The number of furan rings is 1. The van der Waals surface area contributed by atoms with Crippen molar-refractivity contribution in [1.82, 2.24) is 0 Å². The zero-order valence-corrected chi connectivity index (χ0v) is 17.3. The third kappa shape index (κ3) is 3.71. The molecule has 4 bridgehead atoms. The zero-order chi connectivity index (χ0) is 20.7. The van der Waals surface area contributed by atoms with E-state index in [2.05, 4.69) is 10.6 Å². The van der Waals surface area contributed by atoms with E-state index in [-0.39, 0.29) is 23.0 Å². The summed E-state index contributed by atoms with van der Waals surface area (Å²) in [6.45, 7) is 0. The predicted octanol–water partition coefficient (Wildman–Crippen LogP) is 5.09. The van der Waals surface area contributed by atoms with E-state index in [9.17, 15) is 9.59 Å². The minimum Gasteiger partial charge on any atom is -0.495 e. The lowest BCUT2D eigenvalue weighted by atomic mass is 9.49. The first-order valence-electron chi connectivity index (χ1n) is 10.8. The summed E-state index contributed by atoms with van der Waals surface area (Å²) in [7, 11) is 1.57. The van der Waals surface area contributed by atoms with Crippen molar-refractivity contribution < 1.29 is 18.7 Å². The summed E-state index contributed by atoms with van der Waals surface area (Å²) in [5.74, 6) is 2.96. The van der Waals surface area contributed by atoms with Crippen molar-refractivity contribution in [1.29, 1.82) is 0 Å². The Bertz CT molecular complexity index is 915. The van der Waals surface area contributed by atoms with Gasteiger partial charge in [-0.1, -0.05) is 0 Å². The van der Waals surface area contributed by atoms with Crippen LogP contribution in [0.5, 0.6) is 5.75 Å². The van der Waals surface area contributed by atoms with Crippen LogP contribution in [0.4, 0.5) is 11.4 Å². The lowest BCUT2D eigenvalue weighted by Gasteiger charge is -2.56. The van der Waals surface area contributed by atoms with Gasteiger partial charge in [-0.3, -0.25) is 9.59 Å². The Morgan fingerprint density at radius 3 is 2.37 bits per heavy atom. The minimum atomic E-state index is -0.337. The molecule has 2 amide bonds. The standard InChI is InChI=1S/C24H28N2O4/c1-29-20-5-4-18(25-23(28)21-3-2-6-30-21)10-19(20)26-22(27)14-24-11-15-7-16(12-24)9-17(8-15)13-24/h2-6,10,15-17H,7-9,11-14H2,1H3,(H,25,28)(H,26,27). The van der Waals surface area contributed by atoms with Crippen LogP contribution in [0.2, 0.25) is 0 Å². The highest BCUT2D eigenvalue weighted by molar-refractivity contribution is 6.03. The van der Waals surface area contributed by atoms with E-state index >= 15 is 0 Å². The first-order chi connectivity index (χ1) is 14.5. The van der Waals surface area contributed by atoms with Gasteiger partial charge in [-0.05, 0) is 92.0 Å². The minimum absolute atomic E-state index is 0.0322. The lowest BCUT2D eigenvalue weighted by Crippen LogP contribution is -2.47. The molecular formula is C24H28N2O4. The number of rotatable bonds is 6. The van der Waals surface area contributed by atoms with Gasteiger partial charge in [0.05, 0.1) is 19.1 Å². The number of carbonyl (C=O) groups is 2. The second kappa shape index (κ2) is 7.49. The van der Waals surface area contributed by atoms with Crippen LogP contribution in [-0.4, -0.2) is 18.9 Å². The SMILES string of the molecule is COc1ccc(NC(=O)c2ccco2)cc1NC(=O)CC12CC3CC(CC(C3)C1)C2. The van der Waals surface area contributed by atoms with Gasteiger partial charge in [0.2, 0.25) is 5.91 Å². The highest BCUT2D eigenvalue weighted by atomic mass is 16.5. The summed E-state index contributed by atoms with van der Waals surface area (Å²) in [5.41, 5.74) is 1.32. The van der Waals surface area contributed by atoms with Crippen molar-refractivity contribution >= 4 is 23.2 Å². The van der Waals surface area contributed by atoms with Crippen LogP contribution in [0.25, 0.3) is 0 Å². The summed E-state index contributed by atoms with van der Waals surface area (Å²) < 4.78 is 10.6. The molecule has 4 saturated carbocycles. The summed E-state index contributed by atoms with van der Waals surface area (Å²) in [4.78, 5) is 25.3. The van der Waals surface area contributed by atoms with Crippen LogP contribution >= 0.6 is 0 Å². The number of carbonyl (C=O) groups excluding carboxylic acids is 2. The predicted molar refractivity (Wildman–Crippen MR) is 114 cm³/mol. The number of nitrogens with one attached hydrogen (secondary N) is 2. The quantitative estimate of drug-likeness (QED) is 0.698. The van der Waals surface area contributed by atoms with Crippen molar-refractivity contribution in [3.63, 3.8) is 0 Å². The molecule has 1 aromatic carbocycles. The van der Waals surface area contributed by atoms with Gasteiger partial charge < -0.3 is 19.8 Å². The molecule has 6 rings (SSSR count). The Morgan fingerprint density at radius 2 is 1.77 bits per heavy atom. The maximum atomic E-state index is 13.0. The van der Waals surface area contributed by atoms with Crippen molar-refractivity contribution in [2.24, 2.45) is 23.2 Å². The number of ether oxygens (including phenoxy) is 1. The fourth-order valence-corrected chi connectivity index (χ4v) is 6.53. The average molecular weight is 408 g/mol. The van der Waals surface area contributed by atoms with Gasteiger partial charge in [-0.25, -0.2) is 0 Å². The summed E-state index contributed by atoms with van der Waals surface area (Å²) >= 11 is 0. The van der Waals surface area contributed by atoms with Crippen LogP contribution in [-0.2, 0) is 4.79 Å². The van der Waals surface area contributed by atoms with E-state index in [1.165, 1.54) is 44.8 Å². The first-order valence-corrected chi connectivity index (χ1v) is 10.8. The molecule has 4 aliphatic carbocycles. The van der Waals surface area contributed by atoms with Crippen molar-refractivity contribution in [3.05, 3.63) is 42.4 Å². The van der Waals surface area contributed by atoms with Crippen LogP contribution in [0.3, 0.4) is 0 Å². The van der Waals surface area contributed by atoms with Gasteiger partial charge in [0.1, 0.15) is 5.75 Å². The Morgan fingerprint density at radius 1 is 1.07 bits per heavy atom. The zero-order valence-electron chi connectivity index (χ0n) is 17.3. The normalized spacial score (nSPS) is 28.9. The number of hydrogen-bond donors (Lipinski definition) is 2. The van der Waals surface area contributed by atoms with Crippen molar-refractivity contribution in [2.45, 2.75) is 44.9 Å². The summed E-state index contributed by atoms with van der Waals surface area (Å²) in [6.07, 6.45) is 9.72. The molecule has 2 aromatic rings. The number of methoxy groups -OCH3 is 1. The fourth-order valence-electron chi connectivity index (χ4n) is 6.53. The maximum absolute atomic E-state index is 13.0. The second-order valence-corrected chi connectivity index (χ2v) is 9.49. The van der Waals surface area contributed by atoms with E-state index in [4.69, 9.17) is 9.15 Å². The maximum Gasteiger partial charge on any atom is 0.291 e. The van der Waals surface area contributed by atoms with E-state index in [1.807, 2.05) is 0 Å². The third-order valence-electron chi connectivity index (χ3n) is 7.18. The molecular weight excluding hydrogens is 380 g/mol. The Hall–Kier alpha value is -2.76.